The molecule has 2 N–H and O–H groups in total. The Morgan fingerprint density at radius 3 is 2.43 bits per heavy atom. The van der Waals surface area contributed by atoms with Crippen LogP contribution in [0.25, 0.3) is 0 Å². The molecule has 5 heteroatoms. The molecule has 0 radical (unpaired) electrons. The standard InChI is InChI=1S/C18H20ClN3S/c1-2-3-13-18(14-7-5-4-6-8-14)20-17(23)22(21-18)16-11-9-15(19)10-12-16/h4-12,21H,2-3,13H2,1H3,(H,20,23). The zero-order chi connectivity index (χ0) is 16.3. The molecule has 1 saturated heterocycles. The Kier molecular flexibility index (Phi) is 4.85. The van der Waals surface area contributed by atoms with Crippen LogP contribution in [0.5, 0.6) is 0 Å². The molecule has 120 valence electrons. The van der Waals surface area contributed by atoms with Gasteiger partial charge in [-0.15, -0.1) is 0 Å². The van der Waals surface area contributed by atoms with Crippen molar-refractivity contribution in [2.45, 2.75) is 31.8 Å². The highest BCUT2D eigenvalue weighted by atomic mass is 35.5. The van der Waals surface area contributed by atoms with E-state index in [2.05, 4.69) is 41.9 Å². The van der Waals surface area contributed by atoms with Gasteiger partial charge in [0.05, 0.1) is 5.69 Å². The number of nitrogens with one attached hydrogen (secondary N) is 2. The monoisotopic (exact) mass is 345 g/mol. The van der Waals surface area contributed by atoms with Gasteiger partial charge in [-0.1, -0.05) is 55.3 Å². The summed E-state index contributed by atoms with van der Waals surface area (Å²) in [7, 11) is 0. The van der Waals surface area contributed by atoms with Gasteiger partial charge in [0, 0.05) is 5.02 Å². The summed E-state index contributed by atoms with van der Waals surface area (Å²) in [6.07, 6.45) is 3.19. The number of benzene rings is 2. The first-order valence-corrected chi connectivity index (χ1v) is 8.64. The second-order valence-electron chi connectivity index (χ2n) is 5.73. The van der Waals surface area contributed by atoms with Gasteiger partial charge in [-0.3, -0.25) is 0 Å². The van der Waals surface area contributed by atoms with Crippen LogP contribution in [0.2, 0.25) is 5.02 Å². The van der Waals surface area contributed by atoms with Crippen molar-refractivity contribution in [3.8, 4) is 0 Å². The zero-order valence-corrected chi connectivity index (χ0v) is 14.6. The lowest BCUT2D eigenvalue weighted by Gasteiger charge is -2.30. The van der Waals surface area contributed by atoms with Gasteiger partial charge in [0.15, 0.2) is 5.11 Å². The number of unbranched alkanes of at least 4 members (excludes halogenated alkanes) is 1. The lowest BCUT2D eigenvalue weighted by molar-refractivity contribution is 0.313. The molecule has 0 aromatic heterocycles. The molecule has 2 aromatic rings. The summed E-state index contributed by atoms with van der Waals surface area (Å²) in [5.74, 6) is 0. The second-order valence-corrected chi connectivity index (χ2v) is 6.55. The summed E-state index contributed by atoms with van der Waals surface area (Å²) in [6.45, 7) is 2.20. The Labute approximate surface area is 147 Å². The largest absolute Gasteiger partial charge is 0.338 e. The fraction of sp³-hybridized carbons (Fsp3) is 0.278. The van der Waals surface area contributed by atoms with Crippen molar-refractivity contribution in [2.75, 3.05) is 5.01 Å². The van der Waals surface area contributed by atoms with E-state index in [0.717, 1.165) is 24.9 Å². The molecule has 0 saturated carbocycles. The van der Waals surface area contributed by atoms with Crippen molar-refractivity contribution in [3.05, 3.63) is 65.2 Å². The quantitative estimate of drug-likeness (QED) is 0.775. The van der Waals surface area contributed by atoms with Gasteiger partial charge in [-0.2, -0.15) is 5.43 Å². The normalized spacial score (nSPS) is 20.6. The Morgan fingerprint density at radius 1 is 1.09 bits per heavy atom. The summed E-state index contributed by atoms with van der Waals surface area (Å²) < 4.78 is 0. The van der Waals surface area contributed by atoms with Crippen LogP contribution in [0, 0.1) is 0 Å². The van der Waals surface area contributed by atoms with Gasteiger partial charge in [-0.05, 0) is 54.9 Å². The SMILES string of the molecule is CCCCC1(c2ccccc2)NC(=S)N(c2ccc(Cl)cc2)N1. The summed E-state index contributed by atoms with van der Waals surface area (Å²) >= 11 is 11.6. The molecule has 23 heavy (non-hydrogen) atoms. The molecule has 1 aliphatic rings. The molecule has 1 atom stereocenters. The number of nitrogens with zero attached hydrogens (tertiary/aromatic N) is 1. The molecule has 2 aromatic carbocycles. The highest BCUT2D eigenvalue weighted by Gasteiger charge is 2.41. The maximum absolute atomic E-state index is 5.99. The van der Waals surface area contributed by atoms with E-state index in [0.29, 0.717) is 10.1 Å². The van der Waals surface area contributed by atoms with Crippen molar-refractivity contribution in [3.63, 3.8) is 0 Å². The molecule has 3 nitrogen and oxygen atoms in total. The van der Waals surface area contributed by atoms with E-state index in [1.807, 2.05) is 35.3 Å². The van der Waals surface area contributed by atoms with Crippen LogP contribution >= 0.6 is 23.8 Å². The molecule has 0 amide bonds. The first-order chi connectivity index (χ1) is 11.1. The molecule has 1 aliphatic heterocycles. The van der Waals surface area contributed by atoms with Crippen molar-refractivity contribution < 1.29 is 0 Å². The number of hydrogen-bond donors (Lipinski definition) is 2. The minimum absolute atomic E-state index is 0.367. The first kappa shape index (κ1) is 16.2. The number of hydrazine groups is 1. The smallest absolute Gasteiger partial charge is 0.190 e. The molecule has 3 rings (SSSR count). The van der Waals surface area contributed by atoms with Crippen molar-refractivity contribution >= 4 is 34.6 Å². The van der Waals surface area contributed by atoms with Crippen LogP contribution in [-0.2, 0) is 5.66 Å². The topological polar surface area (TPSA) is 27.3 Å². The highest BCUT2D eigenvalue weighted by molar-refractivity contribution is 7.80. The third-order valence-electron chi connectivity index (χ3n) is 4.08. The molecular formula is C18H20ClN3S. The molecular weight excluding hydrogens is 326 g/mol. The minimum Gasteiger partial charge on any atom is -0.338 e. The molecule has 0 aliphatic carbocycles. The van der Waals surface area contributed by atoms with Gasteiger partial charge in [0.25, 0.3) is 0 Å². The third kappa shape index (κ3) is 3.34. The van der Waals surface area contributed by atoms with E-state index in [-0.39, 0.29) is 5.66 Å². The van der Waals surface area contributed by atoms with Gasteiger partial charge in [-0.25, -0.2) is 5.01 Å². The minimum atomic E-state index is -0.367. The number of anilines is 1. The average Bonchev–Trinajstić information content (AvgIpc) is 2.92. The lowest BCUT2D eigenvalue weighted by atomic mass is 9.94. The number of hydrogen-bond acceptors (Lipinski definition) is 2. The number of rotatable bonds is 5. The Balaban J connectivity index is 1.93. The fourth-order valence-electron chi connectivity index (χ4n) is 2.84. The van der Waals surface area contributed by atoms with Crippen LogP contribution in [0.4, 0.5) is 5.69 Å². The van der Waals surface area contributed by atoms with Crippen molar-refractivity contribution in [2.24, 2.45) is 0 Å². The summed E-state index contributed by atoms with van der Waals surface area (Å²) in [4.78, 5) is 0. The zero-order valence-electron chi connectivity index (χ0n) is 13.1. The summed E-state index contributed by atoms with van der Waals surface area (Å²) in [5.41, 5.74) is 5.37. The Hall–Kier alpha value is -1.62. The van der Waals surface area contributed by atoms with Crippen LogP contribution in [0.1, 0.15) is 31.7 Å². The van der Waals surface area contributed by atoms with E-state index in [4.69, 9.17) is 23.8 Å². The second kappa shape index (κ2) is 6.87. The van der Waals surface area contributed by atoms with Gasteiger partial charge >= 0.3 is 0 Å². The van der Waals surface area contributed by atoms with Gasteiger partial charge < -0.3 is 5.32 Å². The molecule has 1 fully saturated rings. The Morgan fingerprint density at radius 2 is 1.78 bits per heavy atom. The maximum atomic E-state index is 5.99. The van der Waals surface area contributed by atoms with E-state index in [1.165, 1.54) is 5.56 Å². The third-order valence-corrected chi connectivity index (χ3v) is 4.62. The Bertz CT molecular complexity index is 674. The molecule has 0 spiro atoms. The first-order valence-electron chi connectivity index (χ1n) is 7.86. The van der Waals surface area contributed by atoms with E-state index < -0.39 is 0 Å². The van der Waals surface area contributed by atoms with Crippen LogP contribution in [0.3, 0.4) is 0 Å². The average molecular weight is 346 g/mol. The molecule has 1 heterocycles. The van der Waals surface area contributed by atoms with E-state index >= 15 is 0 Å². The lowest BCUT2D eigenvalue weighted by Crippen LogP contribution is -2.48. The number of halogens is 1. The van der Waals surface area contributed by atoms with Gasteiger partial charge in [0.2, 0.25) is 0 Å². The fourth-order valence-corrected chi connectivity index (χ4v) is 3.30. The summed E-state index contributed by atoms with van der Waals surface area (Å²) in [6, 6.07) is 18.1. The summed E-state index contributed by atoms with van der Waals surface area (Å²) in [5, 5.41) is 6.81. The predicted molar refractivity (Wildman–Crippen MR) is 100 cm³/mol. The van der Waals surface area contributed by atoms with Crippen molar-refractivity contribution in [1.29, 1.82) is 0 Å². The predicted octanol–water partition coefficient (Wildman–Crippen LogP) is 4.58. The van der Waals surface area contributed by atoms with Crippen molar-refractivity contribution in [1.82, 2.24) is 10.7 Å². The number of thiocarbonyl (C=S) groups is 1. The van der Waals surface area contributed by atoms with Crippen LogP contribution in [-0.4, -0.2) is 5.11 Å². The van der Waals surface area contributed by atoms with Crippen LogP contribution in [0.15, 0.2) is 54.6 Å². The maximum Gasteiger partial charge on any atom is 0.190 e. The van der Waals surface area contributed by atoms with Gasteiger partial charge in [0.1, 0.15) is 5.66 Å². The van der Waals surface area contributed by atoms with Crippen LogP contribution < -0.4 is 15.8 Å². The van der Waals surface area contributed by atoms with E-state index in [1.54, 1.807) is 0 Å². The molecule has 0 bridgehead atoms. The van der Waals surface area contributed by atoms with E-state index in [9.17, 15) is 0 Å². The highest BCUT2D eigenvalue weighted by Crippen LogP contribution is 2.31. The molecule has 1 unspecified atom stereocenters.